The van der Waals surface area contributed by atoms with Crippen molar-refractivity contribution in [2.24, 2.45) is 0 Å². The molecule has 0 radical (unpaired) electrons. The van der Waals surface area contributed by atoms with Gasteiger partial charge in [0.1, 0.15) is 23.0 Å². The fourth-order valence-electron chi connectivity index (χ4n) is 3.16. The molecule has 0 aliphatic heterocycles. The monoisotopic (exact) mass is 483 g/mol. The third-order valence-corrected chi connectivity index (χ3v) is 5.13. The number of fused-ring (bicyclic) bond motifs is 1. The Kier molecular flexibility index (Phi) is 5.85. The Balaban J connectivity index is 1.64. The first-order valence-corrected chi connectivity index (χ1v) is 10.4. The van der Waals surface area contributed by atoms with Crippen molar-refractivity contribution in [3.63, 3.8) is 0 Å². The van der Waals surface area contributed by atoms with Gasteiger partial charge in [-0.2, -0.15) is 0 Å². The van der Waals surface area contributed by atoms with Crippen LogP contribution in [-0.4, -0.2) is 27.5 Å². The van der Waals surface area contributed by atoms with Crippen LogP contribution in [0.3, 0.4) is 0 Å². The lowest BCUT2D eigenvalue weighted by Gasteiger charge is -2.10. The van der Waals surface area contributed by atoms with Crippen molar-refractivity contribution in [2.75, 3.05) is 12.4 Å². The second-order valence-electron chi connectivity index (χ2n) is 6.64. The molecular formula is C22H19BrFN5O2. The number of anilines is 2. The molecule has 0 atom stereocenters. The van der Waals surface area contributed by atoms with Gasteiger partial charge in [0.25, 0.3) is 5.91 Å². The average Bonchev–Trinajstić information content (AvgIpc) is 3.11. The van der Waals surface area contributed by atoms with Crippen LogP contribution in [0.1, 0.15) is 17.4 Å². The largest absolute Gasteiger partial charge is 0.457 e. The number of pyridine rings is 1. The lowest BCUT2D eigenvalue weighted by Crippen LogP contribution is -2.18. The molecule has 7 nitrogen and oxygen atoms in total. The summed E-state index contributed by atoms with van der Waals surface area (Å²) in [4.78, 5) is 20.4. The standard InChI is InChI=1S/C22H19BrFN5O2/c1-3-29-20-7-5-14(31-15-8-9-26-19(12-15)21(30)25-2)11-18(20)28-22(29)27-17-6-4-13(23)10-16(17)24/h4-12H,3H2,1-2H3,(H,25,30)(H,27,28). The molecule has 2 aromatic heterocycles. The zero-order chi connectivity index (χ0) is 22.0. The third-order valence-electron chi connectivity index (χ3n) is 4.64. The number of hydrogen-bond acceptors (Lipinski definition) is 5. The number of nitrogens with zero attached hydrogens (tertiary/aromatic N) is 3. The number of aromatic nitrogens is 3. The fraction of sp³-hybridized carbons (Fsp3) is 0.136. The molecule has 0 saturated heterocycles. The Labute approximate surface area is 186 Å². The van der Waals surface area contributed by atoms with Gasteiger partial charge < -0.3 is 19.9 Å². The van der Waals surface area contributed by atoms with Gasteiger partial charge in [-0.3, -0.25) is 9.78 Å². The Morgan fingerprint density at radius 2 is 1.97 bits per heavy atom. The third kappa shape index (κ3) is 4.36. The first kappa shape index (κ1) is 20.8. The van der Waals surface area contributed by atoms with E-state index in [2.05, 4.69) is 36.5 Å². The van der Waals surface area contributed by atoms with Crippen molar-refractivity contribution >= 4 is 44.5 Å². The Bertz CT molecular complexity index is 1270. The highest BCUT2D eigenvalue weighted by Gasteiger charge is 2.13. The van der Waals surface area contributed by atoms with Crippen molar-refractivity contribution in [3.8, 4) is 11.5 Å². The van der Waals surface area contributed by atoms with Crippen LogP contribution in [0, 0.1) is 5.82 Å². The average molecular weight is 484 g/mol. The Hall–Kier alpha value is -3.46. The number of ether oxygens (including phenoxy) is 1. The van der Waals surface area contributed by atoms with Crippen molar-refractivity contribution in [2.45, 2.75) is 13.5 Å². The number of amides is 1. The summed E-state index contributed by atoms with van der Waals surface area (Å²) in [6.45, 7) is 2.64. The highest BCUT2D eigenvalue weighted by Crippen LogP contribution is 2.30. The molecule has 31 heavy (non-hydrogen) atoms. The molecule has 9 heteroatoms. The van der Waals surface area contributed by atoms with Crippen molar-refractivity contribution in [3.05, 3.63) is 70.7 Å². The molecule has 0 aliphatic carbocycles. The molecule has 0 spiro atoms. The molecule has 0 aliphatic rings. The summed E-state index contributed by atoms with van der Waals surface area (Å²) in [5.41, 5.74) is 2.18. The number of carbonyl (C=O) groups is 1. The molecule has 2 N–H and O–H groups in total. The number of aryl methyl sites for hydroxylation is 1. The van der Waals surface area contributed by atoms with E-state index in [-0.39, 0.29) is 17.4 Å². The highest BCUT2D eigenvalue weighted by molar-refractivity contribution is 9.10. The van der Waals surface area contributed by atoms with Gasteiger partial charge in [0, 0.05) is 36.4 Å². The number of benzene rings is 2. The molecule has 0 saturated carbocycles. The van der Waals surface area contributed by atoms with E-state index in [4.69, 9.17) is 4.74 Å². The SMILES string of the molecule is CCn1c(Nc2ccc(Br)cc2F)nc2cc(Oc3ccnc(C(=O)NC)c3)ccc21. The van der Waals surface area contributed by atoms with Crippen LogP contribution in [0.5, 0.6) is 11.5 Å². The number of rotatable bonds is 6. The second-order valence-corrected chi connectivity index (χ2v) is 7.55. The number of imidazole rings is 1. The quantitative estimate of drug-likeness (QED) is 0.391. The Morgan fingerprint density at radius 1 is 1.16 bits per heavy atom. The number of hydrogen-bond donors (Lipinski definition) is 2. The smallest absolute Gasteiger partial charge is 0.269 e. The molecule has 0 bridgehead atoms. The van der Waals surface area contributed by atoms with Gasteiger partial charge in [0.05, 0.1) is 16.7 Å². The van der Waals surface area contributed by atoms with Gasteiger partial charge in [-0.25, -0.2) is 9.37 Å². The van der Waals surface area contributed by atoms with E-state index < -0.39 is 0 Å². The lowest BCUT2D eigenvalue weighted by molar-refractivity contribution is 0.0958. The maximum absolute atomic E-state index is 14.3. The van der Waals surface area contributed by atoms with E-state index >= 15 is 0 Å². The van der Waals surface area contributed by atoms with Crippen LogP contribution in [0.4, 0.5) is 16.0 Å². The predicted molar refractivity (Wildman–Crippen MR) is 120 cm³/mol. The maximum Gasteiger partial charge on any atom is 0.269 e. The molecular weight excluding hydrogens is 465 g/mol. The summed E-state index contributed by atoms with van der Waals surface area (Å²) in [7, 11) is 1.54. The summed E-state index contributed by atoms with van der Waals surface area (Å²) in [5.74, 6) is 0.903. The molecule has 158 valence electrons. The summed E-state index contributed by atoms with van der Waals surface area (Å²) in [5, 5.41) is 5.60. The summed E-state index contributed by atoms with van der Waals surface area (Å²) in [6.07, 6.45) is 1.51. The summed E-state index contributed by atoms with van der Waals surface area (Å²) in [6, 6.07) is 13.6. The first-order valence-electron chi connectivity index (χ1n) is 9.57. The normalized spacial score (nSPS) is 10.8. The van der Waals surface area contributed by atoms with Crippen LogP contribution in [0.2, 0.25) is 0 Å². The zero-order valence-corrected chi connectivity index (χ0v) is 18.4. The fourth-order valence-corrected chi connectivity index (χ4v) is 3.50. The van der Waals surface area contributed by atoms with Gasteiger partial charge >= 0.3 is 0 Å². The van der Waals surface area contributed by atoms with Gasteiger partial charge in [-0.05, 0) is 43.3 Å². The van der Waals surface area contributed by atoms with E-state index in [0.717, 1.165) is 5.52 Å². The van der Waals surface area contributed by atoms with Gasteiger partial charge in [-0.15, -0.1) is 0 Å². The predicted octanol–water partition coefficient (Wildman–Crippen LogP) is 5.25. The molecule has 2 aromatic carbocycles. The molecule has 2 heterocycles. The van der Waals surface area contributed by atoms with E-state index in [9.17, 15) is 9.18 Å². The van der Waals surface area contributed by atoms with E-state index in [1.165, 1.54) is 12.3 Å². The van der Waals surface area contributed by atoms with E-state index in [1.807, 2.05) is 23.6 Å². The first-order chi connectivity index (χ1) is 15.0. The van der Waals surface area contributed by atoms with Gasteiger partial charge in [-0.1, -0.05) is 15.9 Å². The number of nitrogens with one attached hydrogen (secondary N) is 2. The minimum atomic E-state index is -0.377. The summed E-state index contributed by atoms with van der Waals surface area (Å²) < 4.78 is 22.8. The number of halogens is 2. The minimum Gasteiger partial charge on any atom is -0.457 e. The molecule has 4 aromatic rings. The lowest BCUT2D eigenvalue weighted by atomic mass is 10.3. The highest BCUT2D eigenvalue weighted by atomic mass is 79.9. The molecule has 1 amide bonds. The van der Waals surface area contributed by atoms with Crippen LogP contribution in [-0.2, 0) is 6.54 Å². The summed E-state index contributed by atoms with van der Waals surface area (Å²) >= 11 is 3.26. The van der Waals surface area contributed by atoms with Gasteiger partial charge in [0.2, 0.25) is 5.95 Å². The molecule has 0 fully saturated rings. The van der Waals surface area contributed by atoms with Crippen LogP contribution in [0.25, 0.3) is 11.0 Å². The van der Waals surface area contributed by atoms with Crippen molar-refractivity contribution in [1.29, 1.82) is 0 Å². The second kappa shape index (κ2) is 8.73. The van der Waals surface area contributed by atoms with Crippen molar-refractivity contribution < 1.29 is 13.9 Å². The topological polar surface area (TPSA) is 81.1 Å². The minimum absolute atomic E-state index is 0.263. The van der Waals surface area contributed by atoms with E-state index in [1.54, 1.807) is 37.4 Å². The number of carbonyl (C=O) groups excluding carboxylic acids is 1. The van der Waals surface area contributed by atoms with Gasteiger partial charge in [0.15, 0.2) is 0 Å². The van der Waals surface area contributed by atoms with Crippen LogP contribution < -0.4 is 15.4 Å². The van der Waals surface area contributed by atoms with E-state index in [0.29, 0.717) is 39.7 Å². The molecule has 4 rings (SSSR count). The molecule has 0 unspecified atom stereocenters. The van der Waals surface area contributed by atoms with Crippen LogP contribution >= 0.6 is 15.9 Å². The van der Waals surface area contributed by atoms with Crippen LogP contribution in [0.15, 0.2) is 59.2 Å². The Morgan fingerprint density at radius 3 is 2.71 bits per heavy atom. The maximum atomic E-state index is 14.3. The van der Waals surface area contributed by atoms with Crippen molar-refractivity contribution in [1.82, 2.24) is 19.9 Å². The zero-order valence-electron chi connectivity index (χ0n) is 16.8.